The van der Waals surface area contributed by atoms with Gasteiger partial charge in [-0.1, -0.05) is 47.6 Å². The van der Waals surface area contributed by atoms with Crippen LogP contribution in [0, 0.1) is 0 Å². The van der Waals surface area contributed by atoms with Crippen molar-refractivity contribution in [2.75, 3.05) is 25.3 Å². The first kappa shape index (κ1) is 28.3. The van der Waals surface area contributed by atoms with Gasteiger partial charge in [-0.15, -0.1) is 10.2 Å². The molecular weight excluding hydrogens is 558 g/mol. The van der Waals surface area contributed by atoms with E-state index in [4.69, 9.17) is 9.47 Å². The summed E-state index contributed by atoms with van der Waals surface area (Å²) in [5.74, 6) is 1.82. The molecule has 0 atom stereocenters. The van der Waals surface area contributed by atoms with Crippen molar-refractivity contribution in [1.29, 1.82) is 0 Å². The molecule has 0 aliphatic rings. The van der Waals surface area contributed by atoms with Crippen molar-refractivity contribution in [2.45, 2.75) is 31.5 Å². The lowest BCUT2D eigenvalue weighted by atomic mass is 10.0. The van der Waals surface area contributed by atoms with Gasteiger partial charge in [-0.25, -0.2) is 0 Å². The maximum atomic E-state index is 12.6. The number of carbonyl (C=O) groups is 2. The molecule has 2 aromatic carbocycles. The number of methoxy groups -OCH3 is 2. The second-order valence-electron chi connectivity index (χ2n) is 8.35. The van der Waals surface area contributed by atoms with Crippen molar-refractivity contribution < 1.29 is 19.1 Å². The van der Waals surface area contributed by atoms with E-state index in [0.717, 1.165) is 21.3 Å². The third kappa shape index (κ3) is 7.83. The lowest BCUT2D eigenvalue weighted by Gasteiger charge is -2.14. The van der Waals surface area contributed by atoms with E-state index >= 15 is 0 Å². The van der Waals surface area contributed by atoms with Gasteiger partial charge >= 0.3 is 0 Å². The second-order valence-corrected chi connectivity index (χ2v) is 10.2. The van der Waals surface area contributed by atoms with Crippen LogP contribution in [0.2, 0.25) is 0 Å². The number of anilines is 1. The third-order valence-corrected chi connectivity index (χ3v) is 6.94. The number of rotatable bonds is 11. The summed E-state index contributed by atoms with van der Waals surface area (Å²) in [4.78, 5) is 24.9. The predicted octanol–water partition coefficient (Wildman–Crippen LogP) is 4.78. The van der Waals surface area contributed by atoms with Gasteiger partial charge in [0.2, 0.25) is 11.8 Å². The van der Waals surface area contributed by atoms with Gasteiger partial charge < -0.3 is 24.7 Å². The van der Waals surface area contributed by atoms with Crippen LogP contribution >= 0.6 is 27.7 Å². The first-order chi connectivity index (χ1) is 17.7. The maximum Gasteiger partial charge on any atom is 0.244 e. The molecular formula is C26H30BrN5O4S. The van der Waals surface area contributed by atoms with Crippen LogP contribution in [0.4, 0.5) is 5.69 Å². The molecule has 3 rings (SSSR count). The fourth-order valence-electron chi connectivity index (χ4n) is 3.42. The summed E-state index contributed by atoms with van der Waals surface area (Å²) >= 11 is 4.76. The average Bonchev–Trinajstić information content (AvgIpc) is 3.24. The summed E-state index contributed by atoms with van der Waals surface area (Å²) < 4.78 is 13.2. The number of hydrogen-bond donors (Lipinski definition) is 2. The minimum absolute atomic E-state index is 0.132. The van der Waals surface area contributed by atoms with Crippen LogP contribution < -0.4 is 20.1 Å². The lowest BCUT2D eigenvalue weighted by molar-refractivity contribution is -0.116. The summed E-state index contributed by atoms with van der Waals surface area (Å²) in [6, 6.07) is 11.2. The fraction of sp³-hybridized carbons (Fsp3) is 0.308. The molecule has 0 saturated carbocycles. The number of amides is 2. The molecule has 3 aromatic rings. The highest BCUT2D eigenvalue weighted by atomic mass is 79.9. The van der Waals surface area contributed by atoms with Gasteiger partial charge in [0.15, 0.2) is 22.5 Å². The van der Waals surface area contributed by atoms with E-state index in [0.29, 0.717) is 22.5 Å². The smallest absolute Gasteiger partial charge is 0.244 e. The largest absolute Gasteiger partial charge is 0.493 e. The minimum Gasteiger partial charge on any atom is -0.493 e. The molecule has 2 N–H and O–H groups in total. The number of aromatic nitrogens is 3. The Morgan fingerprint density at radius 3 is 2.57 bits per heavy atom. The molecule has 0 fully saturated rings. The van der Waals surface area contributed by atoms with E-state index in [9.17, 15) is 9.59 Å². The normalized spacial score (nSPS) is 11.1. The molecule has 0 bridgehead atoms. The van der Waals surface area contributed by atoms with Crippen LogP contribution in [0.15, 0.2) is 52.1 Å². The van der Waals surface area contributed by atoms with Crippen molar-refractivity contribution >= 4 is 51.3 Å². The molecule has 2 amide bonds. The highest BCUT2D eigenvalue weighted by Crippen LogP contribution is 2.29. The van der Waals surface area contributed by atoms with Gasteiger partial charge in [0, 0.05) is 23.3 Å². The number of hydrogen-bond acceptors (Lipinski definition) is 7. The first-order valence-corrected chi connectivity index (χ1v) is 13.3. The number of ether oxygens (including phenoxy) is 2. The number of carbonyl (C=O) groups excluding carboxylic acids is 2. The standard InChI is InChI=1S/C26H30BrN5O4S/c1-16(2)19-13-18(27)8-9-20(19)29-25(34)15-37-26-31-30-23(32(26)3)14-28-24(33)11-7-17-6-10-21(35-4)22(12-17)36-5/h6-13,16H,14-15H2,1-5H3,(H,28,33)(H,29,34)/b11-7+. The van der Waals surface area contributed by atoms with Crippen LogP contribution in [0.25, 0.3) is 6.08 Å². The van der Waals surface area contributed by atoms with Crippen LogP contribution in [-0.2, 0) is 23.2 Å². The summed E-state index contributed by atoms with van der Waals surface area (Å²) in [5, 5.41) is 14.7. The van der Waals surface area contributed by atoms with E-state index in [2.05, 4.69) is 50.6 Å². The van der Waals surface area contributed by atoms with E-state index < -0.39 is 0 Å². The molecule has 11 heteroatoms. The summed E-state index contributed by atoms with van der Waals surface area (Å²) in [6.07, 6.45) is 3.12. The molecule has 9 nitrogen and oxygen atoms in total. The Hall–Kier alpha value is -3.31. The zero-order chi connectivity index (χ0) is 26.9. The first-order valence-electron chi connectivity index (χ1n) is 11.5. The Bertz CT molecular complexity index is 1290. The Labute approximate surface area is 229 Å². The van der Waals surface area contributed by atoms with Crippen molar-refractivity contribution in [3.63, 3.8) is 0 Å². The van der Waals surface area contributed by atoms with Crippen LogP contribution in [0.5, 0.6) is 11.5 Å². The molecule has 0 unspecified atom stereocenters. The van der Waals surface area contributed by atoms with Crippen LogP contribution in [-0.4, -0.2) is 46.6 Å². The zero-order valence-electron chi connectivity index (χ0n) is 21.4. The molecule has 0 saturated heterocycles. The average molecular weight is 589 g/mol. The van der Waals surface area contributed by atoms with E-state index in [1.807, 2.05) is 24.3 Å². The van der Waals surface area contributed by atoms with Crippen molar-refractivity contribution in [3.05, 3.63) is 63.9 Å². The topological polar surface area (TPSA) is 107 Å². The molecule has 0 aliphatic carbocycles. The van der Waals surface area contributed by atoms with Crippen molar-refractivity contribution in [1.82, 2.24) is 20.1 Å². The predicted molar refractivity (Wildman–Crippen MR) is 149 cm³/mol. The molecule has 1 aromatic heterocycles. The van der Waals surface area contributed by atoms with Gasteiger partial charge in [0.25, 0.3) is 0 Å². The molecule has 1 heterocycles. The Kier molecular flexibility index (Phi) is 10.2. The number of nitrogens with zero attached hydrogens (tertiary/aromatic N) is 3. The van der Waals surface area contributed by atoms with Crippen molar-refractivity contribution in [2.24, 2.45) is 7.05 Å². The maximum absolute atomic E-state index is 12.6. The molecule has 0 radical (unpaired) electrons. The Morgan fingerprint density at radius 1 is 1.11 bits per heavy atom. The SMILES string of the molecule is COc1ccc(/C=C/C(=O)NCc2nnc(SCC(=O)Nc3ccc(Br)cc3C(C)C)n2C)cc1OC. The highest BCUT2D eigenvalue weighted by molar-refractivity contribution is 9.10. The molecule has 0 spiro atoms. The quantitative estimate of drug-likeness (QED) is 0.245. The van der Waals surface area contributed by atoms with Gasteiger partial charge in [-0.05, 0) is 53.5 Å². The summed E-state index contributed by atoms with van der Waals surface area (Å²) in [7, 11) is 4.92. The van der Waals surface area contributed by atoms with Crippen molar-refractivity contribution in [3.8, 4) is 11.5 Å². The number of thioether (sulfide) groups is 1. The summed E-state index contributed by atoms with van der Waals surface area (Å²) in [6.45, 7) is 4.36. The van der Waals surface area contributed by atoms with Gasteiger partial charge in [-0.2, -0.15) is 0 Å². The molecule has 37 heavy (non-hydrogen) atoms. The number of nitrogens with one attached hydrogen (secondary N) is 2. The van der Waals surface area contributed by atoms with Gasteiger partial charge in [0.1, 0.15) is 0 Å². The van der Waals surface area contributed by atoms with Gasteiger partial charge in [-0.3, -0.25) is 9.59 Å². The monoisotopic (exact) mass is 587 g/mol. The molecule has 196 valence electrons. The third-order valence-electron chi connectivity index (χ3n) is 5.42. The van der Waals surface area contributed by atoms with Crippen LogP contribution in [0.1, 0.15) is 36.7 Å². The van der Waals surface area contributed by atoms with E-state index in [1.165, 1.54) is 17.8 Å². The van der Waals surface area contributed by atoms with E-state index in [1.54, 1.807) is 44.0 Å². The van der Waals surface area contributed by atoms with Gasteiger partial charge in [0.05, 0.1) is 26.5 Å². The van der Waals surface area contributed by atoms with Crippen LogP contribution in [0.3, 0.4) is 0 Å². The number of halogens is 1. The second kappa shape index (κ2) is 13.3. The molecule has 0 aliphatic heterocycles. The lowest BCUT2D eigenvalue weighted by Crippen LogP contribution is -2.22. The Balaban J connectivity index is 1.52. The highest BCUT2D eigenvalue weighted by Gasteiger charge is 2.14. The number of benzene rings is 2. The zero-order valence-corrected chi connectivity index (χ0v) is 23.8. The van der Waals surface area contributed by atoms with E-state index in [-0.39, 0.29) is 30.0 Å². The Morgan fingerprint density at radius 2 is 1.86 bits per heavy atom. The fourth-order valence-corrected chi connectivity index (χ4v) is 4.53. The minimum atomic E-state index is -0.276. The summed E-state index contributed by atoms with van der Waals surface area (Å²) in [5.41, 5.74) is 2.66.